The number of carbonyl (C=O) groups is 2. The van der Waals surface area contributed by atoms with Crippen LogP contribution in [0.15, 0.2) is 35.7 Å². The summed E-state index contributed by atoms with van der Waals surface area (Å²) >= 11 is 1.21. The number of halogens is 3. The quantitative estimate of drug-likeness (QED) is 0.833. The van der Waals surface area contributed by atoms with E-state index in [9.17, 15) is 22.8 Å². The average Bonchev–Trinajstić information content (AvgIpc) is 2.96. The summed E-state index contributed by atoms with van der Waals surface area (Å²) in [6, 6.07) is 6.41. The Morgan fingerprint density at radius 1 is 1.25 bits per heavy atom. The Labute approximate surface area is 140 Å². The number of aryl methyl sites for hydroxylation is 1. The number of hydrogen-bond acceptors (Lipinski definition) is 4. The second-order valence-electron chi connectivity index (χ2n) is 4.98. The number of rotatable bonds is 5. The van der Waals surface area contributed by atoms with Crippen LogP contribution in [0.4, 0.5) is 13.2 Å². The van der Waals surface area contributed by atoms with E-state index in [2.05, 4.69) is 5.32 Å². The number of ether oxygens (including phenoxy) is 1. The molecule has 1 amide bonds. The Hall–Kier alpha value is -2.35. The number of nitrogens with one attached hydrogen (secondary N) is 1. The summed E-state index contributed by atoms with van der Waals surface area (Å²) in [5.41, 5.74) is 0.279. The topological polar surface area (TPSA) is 55.4 Å². The molecule has 1 aromatic carbocycles. The summed E-state index contributed by atoms with van der Waals surface area (Å²) in [7, 11) is 0. The van der Waals surface area contributed by atoms with Crippen molar-refractivity contribution in [3.8, 4) is 0 Å². The number of thiophene rings is 1. The third-order valence-electron chi connectivity index (χ3n) is 3.13. The number of hydrogen-bond donors (Lipinski definition) is 1. The highest BCUT2D eigenvalue weighted by Gasteiger charge is 2.30. The van der Waals surface area contributed by atoms with E-state index in [0.29, 0.717) is 10.4 Å². The molecule has 0 aliphatic rings. The minimum absolute atomic E-state index is 0.0850. The van der Waals surface area contributed by atoms with Gasteiger partial charge in [0.25, 0.3) is 5.91 Å². The summed E-state index contributed by atoms with van der Waals surface area (Å²) < 4.78 is 42.7. The zero-order valence-corrected chi connectivity index (χ0v) is 13.5. The highest BCUT2D eigenvalue weighted by Crippen LogP contribution is 2.29. The van der Waals surface area contributed by atoms with Crippen molar-refractivity contribution in [2.45, 2.75) is 19.6 Å². The molecule has 0 aliphatic heterocycles. The van der Waals surface area contributed by atoms with Crippen molar-refractivity contribution in [1.29, 1.82) is 0 Å². The standard InChI is InChI=1S/C16H14F3NO3S/c1-10-5-6-24-14(10)15(22)23-9-13(21)20-8-11-3-2-4-12(7-11)16(17,18)19/h2-7H,8-9H2,1H3,(H,20,21). The van der Waals surface area contributed by atoms with Gasteiger partial charge in [0.05, 0.1) is 5.56 Å². The Morgan fingerprint density at radius 2 is 2.00 bits per heavy atom. The molecule has 0 saturated heterocycles. The van der Waals surface area contributed by atoms with Crippen molar-refractivity contribution in [1.82, 2.24) is 5.32 Å². The molecule has 0 aliphatic carbocycles. The largest absolute Gasteiger partial charge is 0.451 e. The maximum absolute atomic E-state index is 12.6. The molecular formula is C16H14F3NO3S. The maximum atomic E-state index is 12.6. The highest BCUT2D eigenvalue weighted by molar-refractivity contribution is 7.12. The molecule has 24 heavy (non-hydrogen) atoms. The Balaban J connectivity index is 1.83. The first kappa shape index (κ1) is 18.0. The van der Waals surface area contributed by atoms with Crippen LogP contribution < -0.4 is 5.32 Å². The van der Waals surface area contributed by atoms with Gasteiger partial charge in [-0.1, -0.05) is 12.1 Å². The number of alkyl halides is 3. The van der Waals surface area contributed by atoms with Gasteiger partial charge in [-0.25, -0.2) is 4.79 Å². The van der Waals surface area contributed by atoms with Gasteiger partial charge < -0.3 is 10.1 Å². The van der Waals surface area contributed by atoms with E-state index in [1.165, 1.54) is 23.5 Å². The molecule has 8 heteroatoms. The maximum Gasteiger partial charge on any atom is 0.416 e. The van der Waals surface area contributed by atoms with Crippen molar-refractivity contribution in [2.75, 3.05) is 6.61 Å². The Kier molecular flexibility index (Phi) is 5.61. The van der Waals surface area contributed by atoms with Gasteiger partial charge in [0.2, 0.25) is 0 Å². The molecule has 0 radical (unpaired) electrons. The molecular weight excluding hydrogens is 343 g/mol. The van der Waals surface area contributed by atoms with Crippen molar-refractivity contribution in [2.24, 2.45) is 0 Å². The second kappa shape index (κ2) is 7.48. The molecule has 1 aromatic heterocycles. The van der Waals surface area contributed by atoms with Gasteiger partial charge in [-0.05, 0) is 41.6 Å². The van der Waals surface area contributed by atoms with Crippen LogP contribution in [-0.4, -0.2) is 18.5 Å². The first-order valence-electron chi connectivity index (χ1n) is 6.91. The molecule has 1 heterocycles. The fourth-order valence-electron chi connectivity index (χ4n) is 1.89. The average molecular weight is 357 g/mol. The minimum atomic E-state index is -4.44. The summed E-state index contributed by atoms with van der Waals surface area (Å²) in [5, 5.41) is 4.15. The lowest BCUT2D eigenvalue weighted by molar-refractivity contribution is -0.137. The SMILES string of the molecule is Cc1ccsc1C(=O)OCC(=O)NCc1cccc(C(F)(F)F)c1. The number of esters is 1. The van der Waals surface area contributed by atoms with Crippen LogP contribution in [-0.2, 0) is 22.3 Å². The summed E-state index contributed by atoms with van der Waals surface area (Å²) in [6.45, 7) is 1.17. The summed E-state index contributed by atoms with van der Waals surface area (Å²) in [5.74, 6) is -1.19. The van der Waals surface area contributed by atoms with E-state index in [-0.39, 0.29) is 6.54 Å². The van der Waals surface area contributed by atoms with Gasteiger partial charge in [0.15, 0.2) is 6.61 Å². The molecule has 0 atom stereocenters. The van der Waals surface area contributed by atoms with Gasteiger partial charge in [-0.3, -0.25) is 4.79 Å². The molecule has 2 aromatic rings. The second-order valence-corrected chi connectivity index (χ2v) is 5.90. The molecule has 0 saturated carbocycles. The summed E-state index contributed by atoms with van der Waals surface area (Å²) in [4.78, 5) is 23.8. The van der Waals surface area contributed by atoms with E-state index in [4.69, 9.17) is 4.74 Å². The van der Waals surface area contributed by atoms with Gasteiger partial charge >= 0.3 is 12.1 Å². The minimum Gasteiger partial charge on any atom is -0.451 e. The smallest absolute Gasteiger partial charge is 0.416 e. The van der Waals surface area contributed by atoms with Crippen LogP contribution in [0, 0.1) is 6.92 Å². The van der Waals surface area contributed by atoms with Crippen molar-refractivity contribution >= 4 is 23.2 Å². The third-order valence-corrected chi connectivity index (χ3v) is 4.12. The normalized spacial score (nSPS) is 11.2. The molecule has 4 nitrogen and oxygen atoms in total. The predicted molar refractivity (Wildman–Crippen MR) is 82.6 cm³/mol. The van der Waals surface area contributed by atoms with Crippen LogP contribution >= 0.6 is 11.3 Å². The van der Waals surface area contributed by atoms with Crippen LogP contribution in [0.3, 0.4) is 0 Å². The molecule has 128 valence electrons. The van der Waals surface area contributed by atoms with Crippen molar-refractivity contribution < 1.29 is 27.5 Å². The first-order valence-corrected chi connectivity index (χ1v) is 7.79. The lowest BCUT2D eigenvalue weighted by Gasteiger charge is -2.10. The van der Waals surface area contributed by atoms with Crippen molar-refractivity contribution in [3.63, 3.8) is 0 Å². The fourth-order valence-corrected chi connectivity index (χ4v) is 2.71. The fraction of sp³-hybridized carbons (Fsp3) is 0.250. The van der Waals surface area contributed by atoms with E-state index < -0.39 is 30.2 Å². The van der Waals surface area contributed by atoms with Crippen LogP contribution in [0.5, 0.6) is 0 Å². The van der Waals surface area contributed by atoms with E-state index in [0.717, 1.165) is 17.7 Å². The Bertz CT molecular complexity index is 740. The first-order chi connectivity index (χ1) is 11.3. The van der Waals surface area contributed by atoms with Crippen LogP contribution in [0.2, 0.25) is 0 Å². The van der Waals surface area contributed by atoms with Gasteiger partial charge in [0.1, 0.15) is 4.88 Å². The van der Waals surface area contributed by atoms with Gasteiger partial charge in [-0.15, -0.1) is 11.3 Å². The van der Waals surface area contributed by atoms with E-state index >= 15 is 0 Å². The zero-order chi connectivity index (χ0) is 17.7. The molecule has 1 N–H and O–H groups in total. The number of carbonyl (C=O) groups excluding carboxylic acids is 2. The molecule has 0 bridgehead atoms. The molecule has 0 unspecified atom stereocenters. The number of benzene rings is 1. The highest BCUT2D eigenvalue weighted by atomic mass is 32.1. The molecule has 2 rings (SSSR count). The van der Waals surface area contributed by atoms with Gasteiger partial charge in [0, 0.05) is 6.54 Å². The predicted octanol–water partition coefficient (Wildman–Crippen LogP) is 3.55. The lowest BCUT2D eigenvalue weighted by Crippen LogP contribution is -2.28. The van der Waals surface area contributed by atoms with Crippen LogP contribution in [0.1, 0.15) is 26.4 Å². The third kappa shape index (κ3) is 4.82. The van der Waals surface area contributed by atoms with Crippen LogP contribution in [0.25, 0.3) is 0 Å². The Morgan fingerprint density at radius 3 is 2.62 bits per heavy atom. The van der Waals surface area contributed by atoms with E-state index in [1.807, 2.05) is 0 Å². The monoisotopic (exact) mass is 357 g/mol. The zero-order valence-electron chi connectivity index (χ0n) is 12.6. The van der Waals surface area contributed by atoms with Gasteiger partial charge in [-0.2, -0.15) is 13.2 Å². The van der Waals surface area contributed by atoms with Crippen molar-refractivity contribution in [3.05, 3.63) is 57.3 Å². The molecule has 0 fully saturated rings. The molecule has 0 spiro atoms. The lowest BCUT2D eigenvalue weighted by atomic mass is 10.1. The number of amides is 1. The van der Waals surface area contributed by atoms with E-state index in [1.54, 1.807) is 18.4 Å². The summed E-state index contributed by atoms with van der Waals surface area (Å²) in [6.07, 6.45) is -4.44.